The number of hydrogen-bond donors (Lipinski definition) is 2. The molecule has 0 spiro atoms. The van der Waals surface area contributed by atoms with Crippen LogP contribution >= 0.6 is 7.82 Å². The van der Waals surface area contributed by atoms with Crippen molar-refractivity contribution in [3.05, 3.63) is 0 Å². The van der Waals surface area contributed by atoms with Crippen LogP contribution in [0.5, 0.6) is 0 Å². The van der Waals surface area contributed by atoms with Gasteiger partial charge in [-0.05, 0) is 0 Å². The van der Waals surface area contributed by atoms with Crippen molar-refractivity contribution in [1.29, 1.82) is 0 Å². The zero-order valence-corrected chi connectivity index (χ0v) is 5.08. The average molecular weight is 155 g/mol. The Labute approximate surface area is 50.6 Å². The molecule has 7 heteroatoms. The molecule has 0 aliphatic rings. The van der Waals surface area contributed by atoms with Crippen LogP contribution in [0.25, 0.3) is 0 Å². The first-order valence-corrected chi connectivity index (χ1v) is 3.28. The van der Waals surface area contributed by atoms with Gasteiger partial charge in [0.2, 0.25) is 6.79 Å². The molecule has 0 fully saturated rings. The highest BCUT2D eigenvalue weighted by Gasteiger charge is 2.12. The zero-order chi connectivity index (χ0) is 7.33. The second-order valence-corrected chi connectivity index (χ2v) is 2.20. The molecule has 0 saturated carbocycles. The number of phosphoric ester groups is 1. The highest BCUT2D eigenvalue weighted by molar-refractivity contribution is 7.46. The summed E-state index contributed by atoms with van der Waals surface area (Å²) in [6, 6.07) is 0. The third kappa shape index (κ3) is 7.58. The lowest BCUT2D eigenvalue weighted by Gasteiger charge is -2.00. The second kappa shape index (κ2) is 3.58. The Hall–Kier alpha value is -0.420. The summed E-state index contributed by atoms with van der Waals surface area (Å²) in [5, 5.41) is 0. The lowest BCUT2D eigenvalue weighted by molar-refractivity contribution is 0.0718. The number of rotatable bonds is 4. The fraction of sp³-hybridized carbons (Fsp3) is 0.500. The summed E-state index contributed by atoms with van der Waals surface area (Å²) in [5.41, 5.74) is 0. The topological polar surface area (TPSA) is 93.1 Å². The van der Waals surface area contributed by atoms with Gasteiger partial charge in [0.1, 0.15) is 0 Å². The Kier molecular flexibility index (Phi) is 3.41. The highest BCUT2D eigenvalue weighted by atomic mass is 31.2. The molecule has 1 radical (unpaired) electrons. The van der Waals surface area contributed by atoms with Crippen LogP contribution in [0.3, 0.4) is 0 Å². The molecule has 53 valence electrons. The minimum atomic E-state index is -4.50. The van der Waals surface area contributed by atoms with Crippen LogP contribution in [0.15, 0.2) is 0 Å². The summed E-state index contributed by atoms with van der Waals surface area (Å²) < 4.78 is 17.1. The van der Waals surface area contributed by atoms with Gasteiger partial charge in [-0.3, -0.25) is 0 Å². The van der Waals surface area contributed by atoms with Gasteiger partial charge in [-0.1, -0.05) is 0 Å². The third-order valence-corrected chi connectivity index (χ3v) is 0.780. The summed E-state index contributed by atoms with van der Waals surface area (Å²) in [6.45, 7) is 0.138. The minimum Gasteiger partial charge on any atom is -0.429 e. The second-order valence-electron chi connectivity index (χ2n) is 0.965. The van der Waals surface area contributed by atoms with Crippen molar-refractivity contribution >= 4 is 14.3 Å². The molecule has 0 heterocycles. The molecule has 6 nitrogen and oxygen atoms in total. The van der Waals surface area contributed by atoms with E-state index in [-0.39, 0.29) is 0 Å². The smallest absolute Gasteiger partial charge is 0.429 e. The van der Waals surface area contributed by atoms with E-state index in [4.69, 9.17) is 9.79 Å². The van der Waals surface area contributed by atoms with Crippen LogP contribution in [0.1, 0.15) is 0 Å². The first-order chi connectivity index (χ1) is 4.06. The predicted octanol–water partition coefficient (Wildman–Crippen LogP) is -0.863. The molecule has 2 N–H and O–H groups in total. The molecular weight excluding hydrogens is 151 g/mol. The maximum Gasteiger partial charge on any atom is 0.472 e. The Bertz CT molecular complexity index is 125. The molecule has 0 rings (SSSR count). The molecule has 0 aromatic carbocycles. The average Bonchev–Trinajstić information content (AvgIpc) is 1.63. The SMILES string of the molecule is O=[C]OCOP(=O)(O)O. The van der Waals surface area contributed by atoms with Gasteiger partial charge in [0.15, 0.2) is 0 Å². The van der Waals surface area contributed by atoms with Crippen molar-refractivity contribution in [2.75, 3.05) is 6.79 Å². The molecule has 9 heavy (non-hydrogen) atoms. The molecule has 0 aliphatic heterocycles. The van der Waals surface area contributed by atoms with Crippen molar-refractivity contribution in [3.8, 4) is 0 Å². The number of carbonyl (C=O) groups excluding carboxylic acids is 1. The fourth-order valence-corrected chi connectivity index (χ4v) is 0.309. The van der Waals surface area contributed by atoms with Crippen LogP contribution in [0.2, 0.25) is 0 Å². The Morgan fingerprint density at radius 1 is 1.56 bits per heavy atom. The molecule has 0 amide bonds. The summed E-state index contributed by atoms with van der Waals surface area (Å²) in [6.07, 6.45) is 0. The van der Waals surface area contributed by atoms with Gasteiger partial charge < -0.3 is 14.5 Å². The van der Waals surface area contributed by atoms with Gasteiger partial charge in [-0.25, -0.2) is 13.9 Å². The van der Waals surface area contributed by atoms with Gasteiger partial charge in [0.25, 0.3) is 0 Å². The minimum absolute atomic E-state index is 0.784. The molecule has 0 aliphatic carbocycles. The van der Waals surface area contributed by atoms with Crippen molar-refractivity contribution in [3.63, 3.8) is 0 Å². The molecule has 0 aromatic rings. The summed E-state index contributed by atoms with van der Waals surface area (Å²) >= 11 is 0. The van der Waals surface area contributed by atoms with E-state index in [0.29, 0.717) is 0 Å². The first kappa shape index (κ1) is 8.58. The summed E-state index contributed by atoms with van der Waals surface area (Å²) in [4.78, 5) is 25.1. The quantitative estimate of drug-likeness (QED) is 0.311. The summed E-state index contributed by atoms with van der Waals surface area (Å²) in [5.74, 6) is 0. The lowest BCUT2D eigenvalue weighted by atomic mass is 11.4. The van der Waals surface area contributed by atoms with Crippen molar-refractivity contribution in [2.45, 2.75) is 0 Å². The maximum atomic E-state index is 9.77. The molecule has 0 bridgehead atoms. The van der Waals surface area contributed by atoms with Crippen molar-refractivity contribution in [1.82, 2.24) is 0 Å². The van der Waals surface area contributed by atoms with E-state index < -0.39 is 14.6 Å². The molecule has 0 aromatic heterocycles. The van der Waals surface area contributed by atoms with Crippen LogP contribution in [0.4, 0.5) is 0 Å². The van der Waals surface area contributed by atoms with Gasteiger partial charge >= 0.3 is 14.3 Å². The van der Waals surface area contributed by atoms with E-state index in [0.717, 1.165) is 6.47 Å². The highest BCUT2D eigenvalue weighted by Crippen LogP contribution is 2.35. The van der Waals surface area contributed by atoms with E-state index in [9.17, 15) is 9.36 Å². The number of ether oxygens (including phenoxy) is 1. The molecular formula is C2H4O6P. The lowest BCUT2D eigenvalue weighted by Crippen LogP contribution is -1.95. The van der Waals surface area contributed by atoms with E-state index in [1.165, 1.54) is 0 Å². The van der Waals surface area contributed by atoms with Crippen LogP contribution in [0, 0.1) is 0 Å². The van der Waals surface area contributed by atoms with Gasteiger partial charge in [0.05, 0.1) is 0 Å². The van der Waals surface area contributed by atoms with E-state index in [1.54, 1.807) is 0 Å². The van der Waals surface area contributed by atoms with E-state index in [1.807, 2.05) is 0 Å². The predicted molar refractivity (Wildman–Crippen MR) is 24.8 cm³/mol. The van der Waals surface area contributed by atoms with Crippen LogP contribution < -0.4 is 0 Å². The van der Waals surface area contributed by atoms with Gasteiger partial charge in [-0.15, -0.1) is 0 Å². The van der Waals surface area contributed by atoms with Gasteiger partial charge in [-0.2, -0.15) is 0 Å². The Balaban J connectivity index is 3.28. The number of hydrogen-bond acceptors (Lipinski definition) is 4. The largest absolute Gasteiger partial charge is 0.472 e. The summed E-state index contributed by atoms with van der Waals surface area (Å²) in [7, 11) is -4.50. The third-order valence-electron chi connectivity index (χ3n) is 0.339. The molecule has 0 saturated heterocycles. The molecule has 0 atom stereocenters. The zero-order valence-electron chi connectivity index (χ0n) is 4.18. The first-order valence-electron chi connectivity index (χ1n) is 1.75. The maximum absolute atomic E-state index is 9.77. The van der Waals surface area contributed by atoms with Gasteiger partial charge in [0, 0.05) is 0 Å². The number of phosphoric acid groups is 1. The Morgan fingerprint density at radius 2 is 2.11 bits per heavy atom. The fourth-order valence-electron chi connectivity index (χ4n) is 0.119. The van der Waals surface area contributed by atoms with E-state index >= 15 is 0 Å². The van der Waals surface area contributed by atoms with E-state index in [2.05, 4.69) is 9.26 Å². The van der Waals surface area contributed by atoms with Crippen molar-refractivity contribution in [2.24, 2.45) is 0 Å². The van der Waals surface area contributed by atoms with Crippen LogP contribution in [-0.2, 0) is 18.6 Å². The van der Waals surface area contributed by atoms with Crippen molar-refractivity contribution < 1.29 is 28.4 Å². The molecule has 0 unspecified atom stereocenters. The monoisotopic (exact) mass is 155 g/mol. The standard InChI is InChI=1S/C2H4O6P/c3-1-7-2-8-9(4,5)6/h2H2,(H2,4,5,6). The van der Waals surface area contributed by atoms with Crippen LogP contribution in [-0.4, -0.2) is 23.1 Å². The Morgan fingerprint density at radius 3 is 2.44 bits per heavy atom. The normalized spacial score (nSPS) is 10.9.